The lowest BCUT2D eigenvalue weighted by Gasteiger charge is -2.19. The quantitative estimate of drug-likeness (QED) is 0.768. The van der Waals surface area contributed by atoms with Gasteiger partial charge in [0.1, 0.15) is 0 Å². The van der Waals surface area contributed by atoms with Gasteiger partial charge in [0.05, 0.1) is 22.3 Å². The molecule has 1 aromatic heterocycles. The van der Waals surface area contributed by atoms with E-state index in [1.165, 1.54) is 16.4 Å². The lowest BCUT2D eigenvalue weighted by molar-refractivity contribution is 0.102. The second-order valence-electron chi connectivity index (χ2n) is 5.38. The van der Waals surface area contributed by atoms with Gasteiger partial charge in [-0.2, -0.15) is 4.31 Å². The van der Waals surface area contributed by atoms with Gasteiger partial charge < -0.3 is 5.32 Å². The molecule has 0 saturated carbocycles. The third kappa shape index (κ3) is 4.26. The van der Waals surface area contributed by atoms with E-state index in [2.05, 4.69) is 26.2 Å². The van der Waals surface area contributed by atoms with Gasteiger partial charge in [-0.3, -0.25) is 9.78 Å². The topological polar surface area (TPSA) is 79.4 Å². The van der Waals surface area contributed by atoms with E-state index in [1.54, 1.807) is 38.4 Å². The predicted octanol–water partition coefficient (Wildman–Crippen LogP) is 3.44. The Morgan fingerprint density at radius 2 is 1.92 bits per heavy atom. The molecule has 0 atom stereocenters. The molecular weight excluding hydrogens is 406 g/mol. The van der Waals surface area contributed by atoms with Crippen LogP contribution in [0.25, 0.3) is 0 Å². The van der Waals surface area contributed by atoms with Crippen LogP contribution < -0.4 is 5.32 Å². The number of aryl methyl sites for hydroxylation is 1. The fraction of sp³-hybridized carbons (Fsp3) is 0.294. The summed E-state index contributed by atoms with van der Waals surface area (Å²) in [6, 6.07) is 6.23. The van der Waals surface area contributed by atoms with Crippen molar-refractivity contribution >= 4 is 37.5 Å². The predicted molar refractivity (Wildman–Crippen MR) is 101 cm³/mol. The molecule has 1 aromatic carbocycles. The van der Waals surface area contributed by atoms with Crippen molar-refractivity contribution in [3.63, 3.8) is 0 Å². The maximum absolute atomic E-state index is 12.7. The van der Waals surface area contributed by atoms with Crippen LogP contribution in [0.5, 0.6) is 0 Å². The molecular formula is C17H20BrN3O3S. The van der Waals surface area contributed by atoms with Gasteiger partial charge in [-0.05, 0) is 52.7 Å². The maximum Gasteiger partial charge on any atom is 0.256 e. The number of rotatable bonds is 6. The van der Waals surface area contributed by atoms with Crippen LogP contribution in [-0.2, 0) is 10.0 Å². The Morgan fingerprint density at radius 1 is 1.24 bits per heavy atom. The molecule has 0 aliphatic heterocycles. The summed E-state index contributed by atoms with van der Waals surface area (Å²) in [6.07, 6.45) is 3.19. The van der Waals surface area contributed by atoms with Crippen molar-refractivity contribution in [2.24, 2.45) is 0 Å². The molecule has 25 heavy (non-hydrogen) atoms. The molecule has 2 aromatic rings. The van der Waals surface area contributed by atoms with Gasteiger partial charge in [-0.1, -0.05) is 13.8 Å². The van der Waals surface area contributed by atoms with Crippen molar-refractivity contribution in [2.45, 2.75) is 25.7 Å². The van der Waals surface area contributed by atoms with Crippen LogP contribution in [0.2, 0.25) is 0 Å². The van der Waals surface area contributed by atoms with Gasteiger partial charge in [0.15, 0.2) is 0 Å². The van der Waals surface area contributed by atoms with Gasteiger partial charge in [-0.15, -0.1) is 0 Å². The van der Waals surface area contributed by atoms with E-state index in [0.717, 1.165) is 5.56 Å². The summed E-state index contributed by atoms with van der Waals surface area (Å²) >= 11 is 3.32. The van der Waals surface area contributed by atoms with E-state index in [4.69, 9.17) is 0 Å². The van der Waals surface area contributed by atoms with Crippen LogP contribution in [0.15, 0.2) is 46.0 Å². The standard InChI is InChI=1S/C17H20BrN3O3S/c1-4-21(5-2)25(23,24)13-6-7-15(18)14(10-13)17(22)20-16-11-19-9-8-12(16)3/h6-11H,4-5H2,1-3H3,(H,20,22). The largest absolute Gasteiger partial charge is 0.320 e. The molecule has 1 N–H and O–H groups in total. The lowest BCUT2D eigenvalue weighted by atomic mass is 10.2. The molecule has 0 aliphatic rings. The molecule has 134 valence electrons. The SMILES string of the molecule is CCN(CC)S(=O)(=O)c1ccc(Br)c(C(=O)Nc2cnccc2C)c1. The molecule has 0 bridgehead atoms. The number of anilines is 1. The first-order valence-corrected chi connectivity index (χ1v) is 10.1. The van der Waals surface area contributed by atoms with Gasteiger partial charge in [0.25, 0.3) is 5.91 Å². The summed E-state index contributed by atoms with van der Waals surface area (Å²) in [6.45, 7) is 6.14. The van der Waals surface area contributed by atoms with Gasteiger partial charge in [-0.25, -0.2) is 8.42 Å². The van der Waals surface area contributed by atoms with Gasteiger partial charge in [0, 0.05) is 23.8 Å². The Morgan fingerprint density at radius 3 is 2.52 bits per heavy atom. The smallest absolute Gasteiger partial charge is 0.256 e. The molecule has 0 aliphatic carbocycles. The molecule has 1 amide bonds. The minimum atomic E-state index is -3.63. The van der Waals surface area contributed by atoms with Crippen LogP contribution in [0, 0.1) is 6.92 Å². The number of nitrogens with zero attached hydrogens (tertiary/aromatic N) is 2. The van der Waals surface area contributed by atoms with Crippen LogP contribution in [-0.4, -0.2) is 36.7 Å². The minimum Gasteiger partial charge on any atom is -0.320 e. The number of benzene rings is 1. The molecule has 0 saturated heterocycles. The highest BCUT2D eigenvalue weighted by Gasteiger charge is 2.23. The van der Waals surface area contributed by atoms with Gasteiger partial charge in [0.2, 0.25) is 10.0 Å². The van der Waals surface area contributed by atoms with E-state index in [0.29, 0.717) is 23.2 Å². The van der Waals surface area contributed by atoms with E-state index in [9.17, 15) is 13.2 Å². The monoisotopic (exact) mass is 425 g/mol. The van der Waals surface area contributed by atoms with Crippen molar-refractivity contribution in [2.75, 3.05) is 18.4 Å². The Labute approximate surface area is 156 Å². The lowest BCUT2D eigenvalue weighted by Crippen LogP contribution is -2.30. The minimum absolute atomic E-state index is 0.0902. The van der Waals surface area contributed by atoms with E-state index in [1.807, 2.05) is 6.92 Å². The average Bonchev–Trinajstić information content (AvgIpc) is 2.58. The molecule has 0 radical (unpaired) electrons. The summed E-state index contributed by atoms with van der Waals surface area (Å²) in [5, 5.41) is 2.76. The fourth-order valence-corrected chi connectivity index (χ4v) is 4.25. The van der Waals surface area contributed by atoms with Crippen LogP contribution in [0.3, 0.4) is 0 Å². The third-order valence-corrected chi connectivity index (χ3v) is 6.55. The highest BCUT2D eigenvalue weighted by Crippen LogP contribution is 2.24. The van der Waals surface area contributed by atoms with Crippen molar-refractivity contribution in [3.05, 3.63) is 52.3 Å². The summed E-state index contributed by atoms with van der Waals surface area (Å²) in [7, 11) is -3.63. The number of hydrogen-bond acceptors (Lipinski definition) is 4. The molecule has 6 nitrogen and oxygen atoms in total. The first-order valence-electron chi connectivity index (χ1n) is 7.82. The summed E-state index contributed by atoms with van der Waals surface area (Å²) in [5.74, 6) is -0.403. The summed E-state index contributed by atoms with van der Waals surface area (Å²) in [5.41, 5.74) is 1.69. The second kappa shape index (κ2) is 8.07. The van der Waals surface area contributed by atoms with E-state index in [-0.39, 0.29) is 10.5 Å². The van der Waals surface area contributed by atoms with Crippen LogP contribution >= 0.6 is 15.9 Å². The molecule has 0 unspecified atom stereocenters. The Hall–Kier alpha value is -1.77. The molecule has 0 fully saturated rings. The molecule has 0 spiro atoms. The Bertz CT molecular complexity index is 880. The van der Waals surface area contributed by atoms with E-state index < -0.39 is 15.9 Å². The van der Waals surface area contributed by atoms with Crippen molar-refractivity contribution < 1.29 is 13.2 Å². The highest BCUT2D eigenvalue weighted by atomic mass is 79.9. The molecule has 1 heterocycles. The summed E-state index contributed by atoms with van der Waals surface area (Å²) in [4.78, 5) is 16.7. The highest BCUT2D eigenvalue weighted by molar-refractivity contribution is 9.10. The van der Waals surface area contributed by atoms with E-state index >= 15 is 0 Å². The number of pyridine rings is 1. The Kier molecular flexibility index (Phi) is 6.31. The number of nitrogens with one attached hydrogen (secondary N) is 1. The number of hydrogen-bond donors (Lipinski definition) is 1. The van der Waals surface area contributed by atoms with Crippen molar-refractivity contribution in [1.29, 1.82) is 0 Å². The van der Waals surface area contributed by atoms with Crippen LogP contribution in [0.1, 0.15) is 29.8 Å². The third-order valence-electron chi connectivity index (χ3n) is 3.81. The number of carbonyl (C=O) groups is 1. The molecule has 2 rings (SSSR count). The van der Waals surface area contributed by atoms with Crippen molar-refractivity contribution in [3.8, 4) is 0 Å². The van der Waals surface area contributed by atoms with Crippen LogP contribution in [0.4, 0.5) is 5.69 Å². The summed E-state index contributed by atoms with van der Waals surface area (Å²) < 4.78 is 27.2. The number of carbonyl (C=O) groups excluding carboxylic acids is 1. The second-order valence-corrected chi connectivity index (χ2v) is 8.17. The normalized spacial score (nSPS) is 11.6. The average molecular weight is 426 g/mol. The number of aromatic nitrogens is 1. The maximum atomic E-state index is 12.7. The first-order chi connectivity index (χ1) is 11.8. The number of sulfonamides is 1. The zero-order valence-electron chi connectivity index (χ0n) is 14.3. The number of halogens is 1. The zero-order valence-corrected chi connectivity index (χ0v) is 16.7. The molecule has 8 heteroatoms. The Balaban J connectivity index is 2.39. The van der Waals surface area contributed by atoms with Crippen molar-refractivity contribution in [1.82, 2.24) is 9.29 Å². The first kappa shape index (κ1) is 19.6. The van der Waals surface area contributed by atoms with Gasteiger partial charge >= 0.3 is 0 Å². The fourth-order valence-electron chi connectivity index (χ4n) is 2.34. The zero-order chi connectivity index (χ0) is 18.6. The number of amides is 1.